The monoisotopic (exact) mass is 326 g/mol. The average molecular weight is 326 g/mol. The third-order valence-electron chi connectivity index (χ3n) is 3.63. The first-order chi connectivity index (χ1) is 11.7. The van der Waals surface area contributed by atoms with Crippen LogP contribution in [0.15, 0.2) is 48.5 Å². The molecular formula is C19H22N2O3. The molecule has 0 spiro atoms. The van der Waals surface area contributed by atoms with E-state index < -0.39 is 0 Å². The third kappa shape index (κ3) is 4.67. The van der Waals surface area contributed by atoms with Crippen LogP contribution in [0.1, 0.15) is 33.2 Å². The third-order valence-corrected chi connectivity index (χ3v) is 3.63. The van der Waals surface area contributed by atoms with Gasteiger partial charge in [-0.15, -0.1) is 0 Å². The number of methoxy groups -OCH3 is 1. The first kappa shape index (κ1) is 17.7. The van der Waals surface area contributed by atoms with Crippen molar-refractivity contribution in [1.29, 1.82) is 0 Å². The number of hydrogen-bond acceptors (Lipinski definition) is 3. The lowest BCUT2D eigenvalue weighted by Gasteiger charge is -2.10. The van der Waals surface area contributed by atoms with Gasteiger partial charge < -0.3 is 15.4 Å². The quantitative estimate of drug-likeness (QED) is 0.769. The lowest BCUT2D eigenvalue weighted by atomic mass is 10.1. The molecule has 0 saturated heterocycles. The molecule has 0 heterocycles. The summed E-state index contributed by atoms with van der Waals surface area (Å²) in [5.74, 6) is -0.460. The van der Waals surface area contributed by atoms with E-state index in [2.05, 4.69) is 10.6 Å². The van der Waals surface area contributed by atoms with E-state index in [0.29, 0.717) is 24.3 Å². The highest BCUT2D eigenvalue weighted by Crippen LogP contribution is 2.17. The molecule has 2 aromatic carbocycles. The normalized spacial score (nSPS) is 10.2. The molecule has 0 bridgehead atoms. The van der Waals surface area contributed by atoms with Crippen molar-refractivity contribution in [2.24, 2.45) is 0 Å². The Balaban J connectivity index is 2.10. The molecule has 0 saturated carbocycles. The van der Waals surface area contributed by atoms with Gasteiger partial charge >= 0.3 is 0 Å². The van der Waals surface area contributed by atoms with Crippen LogP contribution >= 0.6 is 0 Å². The minimum Gasteiger partial charge on any atom is -0.383 e. The Labute approximate surface area is 142 Å². The second-order valence-electron chi connectivity index (χ2n) is 5.29. The van der Waals surface area contributed by atoms with Crippen molar-refractivity contribution in [1.82, 2.24) is 5.32 Å². The van der Waals surface area contributed by atoms with Gasteiger partial charge in [0.15, 0.2) is 0 Å². The first-order valence-electron chi connectivity index (χ1n) is 7.92. The zero-order valence-corrected chi connectivity index (χ0v) is 14.0. The van der Waals surface area contributed by atoms with E-state index in [1.807, 2.05) is 31.2 Å². The fraction of sp³-hybridized carbons (Fsp3) is 0.263. The molecule has 126 valence electrons. The summed E-state index contributed by atoms with van der Waals surface area (Å²) in [6, 6.07) is 14.3. The molecule has 5 heteroatoms. The number of hydrogen-bond donors (Lipinski definition) is 2. The van der Waals surface area contributed by atoms with Crippen LogP contribution in [0, 0.1) is 0 Å². The number of ether oxygens (including phenoxy) is 1. The lowest BCUT2D eigenvalue weighted by molar-refractivity contribution is 0.0937. The largest absolute Gasteiger partial charge is 0.383 e. The number of benzene rings is 2. The number of nitrogens with one attached hydrogen (secondary N) is 2. The Hall–Kier alpha value is -2.66. The van der Waals surface area contributed by atoms with Crippen LogP contribution in [0.4, 0.5) is 5.69 Å². The standard InChI is InChI=1S/C19H22N2O3/c1-3-14-7-4-5-10-17(14)21-19(23)16-9-6-8-15(13-16)18(22)20-11-12-24-2/h4-10,13H,3,11-12H2,1-2H3,(H,20,22)(H,21,23). The Bertz CT molecular complexity index is 713. The van der Waals surface area contributed by atoms with Crippen molar-refractivity contribution in [3.63, 3.8) is 0 Å². The Morgan fingerprint density at radius 3 is 2.42 bits per heavy atom. The molecule has 2 rings (SSSR count). The van der Waals surface area contributed by atoms with E-state index >= 15 is 0 Å². The van der Waals surface area contributed by atoms with Crippen LogP contribution in [0.25, 0.3) is 0 Å². The van der Waals surface area contributed by atoms with Gasteiger partial charge in [-0.25, -0.2) is 0 Å². The molecule has 0 atom stereocenters. The predicted octanol–water partition coefficient (Wildman–Crippen LogP) is 2.88. The van der Waals surface area contributed by atoms with Crippen LogP contribution in [0.3, 0.4) is 0 Å². The predicted molar refractivity (Wildman–Crippen MR) is 94.4 cm³/mol. The van der Waals surface area contributed by atoms with Crippen molar-refractivity contribution in [2.75, 3.05) is 25.6 Å². The fourth-order valence-corrected chi connectivity index (χ4v) is 2.32. The summed E-state index contributed by atoms with van der Waals surface area (Å²) >= 11 is 0. The van der Waals surface area contributed by atoms with Crippen molar-refractivity contribution >= 4 is 17.5 Å². The van der Waals surface area contributed by atoms with Gasteiger partial charge in [0.2, 0.25) is 0 Å². The van der Waals surface area contributed by atoms with E-state index in [-0.39, 0.29) is 11.8 Å². The second-order valence-corrected chi connectivity index (χ2v) is 5.29. The summed E-state index contributed by atoms with van der Waals surface area (Å²) in [5, 5.41) is 5.64. The molecule has 2 N–H and O–H groups in total. The molecule has 2 amide bonds. The first-order valence-corrected chi connectivity index (χ1v) is 7.92. The molecule has 0 aromatic heterocycles. The molecule has 0 fully saturated rings. The Morgan fingerprint density at radius 2 is 1.71 bits per heavy atom. The smallest absolute Gasteiger partial charge is 0.255 e. The highest BCUT2D eigenvalue weighted by molar-refractivity contribution is 6.06. The van der Waals surface area contributed by atoms with E-state index in [0.717, 1.165) is 17.7 Å². The van der Waals surface area contributed by atoms with Gasteiger partial charge in [-0.2, -0.15) is 0 Å². The maximum atomic E-state index is 12.5. The molecule has 0 aliphatic rings. The molecule has 0 unspecified atom stereocenters. The van der Waals surface area contributed by atoms with E-state index in [4.69, 9.17) is 4.74 Å². The van der Waals surface area contributed by atoms with E-state index in [1.165, 1.54) is 0 Å². The average Bonchev–Trinajstić information content (AvgIpc) is 2.62. The van der Waals surface area contributed by atoms with E-state index in [1.54, 1.807) is 31.4 Å². The van der Waals surface area contributed by atoms with Crippen molar-refractivity contribution in [3.05, 3.63) is 65.2 Å². The van der Waals surface area contributed by atoms with Gasteiger partial charge in [0.25, 0.3) is 11.8 Å². The molecule has 0 aliphatic heterocycles. The summed E-state index contributed by atoms with van der Waals surface area (Å²) in [7, 11) is 1.57. The van der Waals surface area contributed by atoms with Crippen LogP contribution < -0.4 is 10.6 Å². The van der Waals surface area contributed by atoms with Crippen molar-refractivity contribution in [2.45, 2.75) is 13.3 Å². The second kappa shape index (κ2) is 8.84. The van der Waals surface area contributed by atoms with Gasteiger partial charge in [-0.3, -0.25) is 9.59 Å². The number of rotatable bonds is 7. The summed E-state index contributed by atoms with van der Waals surface area (Å²) in [4.78, 5) is 24.5. The van der Waals surface area contributed by atoms with Crippen molar-refractivity contribution in [3.8, 4) is 0 Å². The number of carbonyl (C=O) groups excluding carboxylic acids is 2. The highest BCUT2D eigenvalue weighted by Gasteiger charge is 2.11. The molecule has 2 aromatic rings. The molecule has 5 nitrogen and oxygen atoms in total. The van der Waals surface area contributed by atoms with Crippen LogP contribution in [0.5, 0.6) is 0 Å². The van der Waals surface area contributed by atoms with Gasteiger partial charge in [-0.1, -0.05) is 31.2 Å². The highest BCUT2D eigenvalue weighted by atomic mass is 16.5. The van der Waals surface area contributed by atoms with Gasteiger partial charge in [-0.05, 0) is 36.2 Å². The van der Waals surface area contributed by atoms with Crippen molar-refractivity contribution < 1.29 is 14.3 Å². The summed E-state index contributed by atoms with van der Waals surface area (Å²) in [6.07, 6.45) is 0.832. The Morgan fingerprint density at radius 1 is 1.00 bits per heavy atom. The fourth-order valence-electron chi connectivity index (χ4n) is 2.32. The number of anilines is 1. The minimum atomic E-state index is -0.234. The van der Waals surface area contributed by atoms with Crippen LogP contribution in [-0.4, -0.2) is 32.1 Å². The lowest BCUT2D eigenvalue weighted by Crippen LogP contribution is -2.27. The summed E-state index contributed by atoms with van der Waals surface area (Å²) < 4.78 is 4.90. The van der Waals surface area contributed by atoms with E-state index in [9.17, 15) is 9.59 Å². The number of amides is 2. The number of aryl methyl sites for hydroxylation is 1. The number of para-hydroxylation sites is 1. The summed E-state index contributed by atoms with van der Waals surface area (Å²) in [6.45, 7) is 2.91. The van der Waals surface area contributed by atoms with Crippen LogP contribution in [-0.2, 0) is 11.2 Å². The minimum absolute atomic E-state index is 0.226. The van der Waals surface area contributed by atoms with Gasteiger partial charge in [0, 0.05) is 30.5 Å². The maximum Gasteiger partial charge on any atom is 0.255 e. The molecule has 0 aliphatic carbocycles. The van der Waals surface area contributed by atoms with Crippen LogP contribution in [0.2, 0.25) is 0 Å². The topological polar surface area (TPSA) is 67.4 Å². The zero-order valence-electron chi connectivity index (χ0n) is 14.0. The summed E-state index contributed by atoms with van der Waals surface area (Å²) in [5.41, 5.74) is 2.75. The molecular weight excluding hydrogens is 304 g/mol. The Kier molecular flexibility index (Phi) is 6.51. The molecule has 24 heavy (non-hydrogen) atoms. The zero-order chi connectivity index (χ0) is 17.4. The maximum absolute atomic E-state index is 12.5. The van der Waals surface area contributed by atoms with Gasteiger partial charge in [0.05, 0.1) is 6.61 Å². The number of carbonyl (C=O) groups is 2. The van der Waals surface area contributed by atoms with Gasteiger partial charge in [0.1, 0.15) is 0 Å². The molecule has 0 radical (unpaired) electrons. The SMILES string of the molecule is CCc1ccccc1NC(=O)c1cccc(C(=O)NCCOC)c1.